The van der Waals surface area contributed by atoms with Crippen molar-refractivity contribution in [2.45, 2.75) is 31.7 Å². The van der Waals surface area contributed by atoms with Crippen LogP contribution in [0.15, 0.2) is 36.5 Å². The maximum absolute atomic E-state index is 12.8. The van der Waals surface area contributed by atoms with Gasteiger partial charge in [0.1, 0.15) is 0 Å². The summed E-state index contributed by atoms with van der Waals surface area (Å²) in [7, 11) is 4.57. The fourth-order valence-corrected chi connectivity index (χ4v) is 4.12. The lowest BCUT2D eigenvalue weighted by atomic mass is 9.86. The van der Waals surface area contributed by atoms with E-state index in [0.717, 1.165) is 24.1 Å². The zero-order chi connectivity index (χ0) is 22.7. The molecule has 1 saturated carbocycles. The molecule has 0 unspecified atom stereocenters. The first kappa shape index (κ1) is 21.6. The highest BCUT2D eigenvalue weighted by Gasteiger charge is 2.28. The molecule has 32 heavy (non-hydrogen) atoms. The Bertz CT molecular complexity index is 1130. The number of nitrogens with zero attached hydrogens (tertiary/aromatic N) is 3. The summed E-state index contributed by atoms with van der Waals surface area (Å²) in [6.45, 7) is 0. The largest absolute Gasteiger partial charge is 0.493 e. The topological polar surface area (TPSA) is 104 Å². The lowest BCUT2D eigenvalue weighted by molar-refractivity contribution is -0.146. The van der Waals surface area contributed by atoms with E-state index in [1.54, 1.807) is 31.0 Å². The van der Waals surface area contributed by atoms with Gasteiger partial charge in [-0.25, -0.2) is 9.50 Å². The molecule has 168 valence electrons. The van der Waals surface area contributed by atoms with Gasteiger partial charge >= 0.3 is 5.97 Å². The molecule has 0 bridgehead atoms. The molecule has 1 aromatic carbocycles. The molecule has 0 spiro atoms. The van der Waals surface area contributed by atoms with E-state index in [-0.39, 0.29) is 23.8 Å². The standard InChI is InChI=1S/C23H26N4O5/c1-30-19-9-6-15(12-20(19)31-2)18-10-11-24-21-13-17(26-27(18)21)22(28)25-16-7-4-14(5-8-16)23(29)32-3/h6,9-14,16H,4-5,7-8H2,1-3H3,(H,25,28). The number of carbonyl (C=O) groups is 2. The normalized spacial score (nSPS) is 18.2. The van der Waals surface area contributed by atoms with E-state index >= 15 is 0 Å². The quantitative estimate of drug-likeness (QED) is 0.590. The lowest BCUT2D eigenvalue weighted by Crippen LogP contribution is -2.39. The first-order valence-electron chi connectivity index (χ1n) is 10.5. The highest BCUT2D eigenvalue weighted by Crippen LogP contribution is 2.32. The number of amides is 1. The van der Waals surface area contributed by atoms with Crippen LogP contribution in [0.4, 0.5) is 0 Å². The minimum absolute atomic E-state index is 0.00602. The van der Waals surface area contributed by atoms with Crippen LogP contribution in [0.1, 0.15) is 36.2 Å². The molecule has 9 heteroatoms. The molecule has 4 rings (SSSR count). The minimum atomic E-state index is -0.254. The number of nitrogens with one attached hydrogen (secondary N) is 1. The van der Waals surface area contributed by atoms with Crippen LogP contribution in [0, 0.1) is 5.92 Å². The number of benzene rings is 1. The third-order valence-corrected chi connectivity index (χ3v) is 5.87. The number of methoxy groups -OCH3 is 3. The van der Waals surface area contributed by atoms with Crippen molar-refractivity contribution in [3.05, 3.63) is 42.2 Å². The first-order valence-corrected chi connectivity index (χ1v) is 10.5. The second-order valence-electron chi connectivity index (χ2n) is 7.74. The zero-order valence-electron chi connectivity index (χ0n) is 18.3. The van der Waals surface area contributed by atoms with Crippen LogP contribution in [0.25, 0.3) is 16.9 Å². The fourth-order valence-electron chi connectivity index (χ4n) is 4.12. The van der Waals surface area contributed by atoms with E-state index in [1.165, 1.54) is 7.11 Å². The van der Waals surface area contributed by atoms with E-state index in [0.29, 0.717) is 35.7 Å². The van der Waals surface area contributed by atoms with Crippen molar-refractivity contribution < 1.29 is 23.8 Å². The van der Waals surface area contributed by atoms with E-state index < -0.39 is 0 Å². The molecule has 0 saturated heterocycles. The Morgan fingerprint density at radius 1 is 1.00 bits per heavy atom. The summed E-state index contributed by atoms with van der Waals surface area (Å²) in [6.07, 6.45) is 4.54. The SMILES string of the molecule is COC(=O)C1CCC(NC(=O)c2cc3nccc(-c4ccc(OC)c(OC)c4)n3n2)CC1. The molecule has 0 aliphatic heterocycles. The Hall–Kier alpha value is -3.62. The average Bonchev–Trinajstić information content (AvgIpc) is 3.28. The summed E-state index contributed by atoms with van der Waals surface area (Å²) in [4.78, 5) is 28.9. The van der Waals surface area contributed by atoms with Gasteiger partial charge in [-0.05, 0) is 49.9 Å². The Balaban J connectivity index is 1.53. The van der Waals surface area contributed by atoms with E-state index in [1.807, 2.05) is 24.3 Å². The van der Waals surface area contributed by atoms with Gasteiger partial charge in [-0.1, -0.05) is 0 Å². The van der Waals surface area contributed by atoms with Crippen molar-refractivity contribution in [2.75, 3.05) is 21.3 Å². The summed E-state index contributed by atoms with van der Waals surface area (Å²) >= 11 is 0. The van der Waals surface area contributed by atoms with Gasteiger partial charge < -0.3 is 19.5 Å². The number of esters is 1. The van der Waals surface area contributed by atoms with Crippen LogP contribution in [-0.4, -0.2) is 53.8 Å². The van der Waals surface area contributed by atoms with Gasteiger partial charge in [0.25, 0.3) is 5.91 Å². The van der Waals surface area contributed by atoms with E-state index in [9.17, 15) is 9.59 Å². The lowest BCUT2D eigenvalue weighted by Gasteiger charge is -2.27. The molecule has 1 aliphatic carbocycles. The number of carbonyl (C=O) groups excluding carboxylic acids is 2. The molecule has 0 atom stereocenters. The van der Waals surface area contributed by atoms with Crippen LogP contribution in [-0.2, 0) is 9.53 Å². The van der Waals surface area contributed by atoms with Gasteiger partial charge in [0.15, 0.2) is 22.8 Å². The van der Waals surface area contributed by atoms with Gasteiger partial charge in [0, 0.05) is 23.9 Å². The van der Waals surface area contributed by atoms with Crippen molar-refractivity contribution in [3.8, 4) is 22.8 Å². The maximum Gasteiger partial charge on any atom is 0.308 e. The van der Waals surface area contributed by atoms with Crippen LogP contribution in [0.5, 0.6) is 11.5 Å². The summed E-state index contributed by atoms with van der Waals surface area (Å²) in [5, 5.41) is 7.54. The van der Waals surface area contributed by atoms with Crippen molar-refractivity contribution in [2.24, 2.45) is 5.92 Å². The molecular weight excluding hydrogens is 412 g/mol. The Labute approximate surface area is 185 Å². The fraction of sp³-hybridized carbons (Fsp3) is 0.391. The third-order valence-electron chi connectivity index (χ3n) is 5.87. The molecule has 1 N–H and O–H groups in total. The summed E-state index contributed by atoms with van der Waals surface area (Å²) in [5.74, 6) is 0.711. The molecular formula is C23H26N4O5. The number of ether oxygens (including phenoxy) is 3. The number of aromatic nitrogens is 3. The zero-order valence-corrected chi connectivity index (χ0v) is 18.3. The van der Waals surface area contributed by atoms with Gasteiger partial charge in [0.2, 0.25) is 0 Å². The van der Waals surface area contributed by atoms with Gasteiger partial charge in [-0.3, -0.25) is 9.59 Å². The Kier molecular flexibility index (Phi) is 6.25. The van der Waals surface area contributed by atoms with Crippen LogP contribution < -0.4 is 14.8 Å². The van der Waals surface area contributed by atoms with Crippen molar-refractivity contribution in [3.63, 3.8) is 0 Å². The molecule has 1 fully saturated rings. The Morgan fingerprint density at radius 3 is 2.44 bits per heavy atom. The second-order valence-corrected chi connectivity index (χ2v) is 7.74. The van der Waals surface area contributed by atoms with Gasteiger partial charge in [0.05, 0.1) is 32.9 Å². The first-order chi connectivity index (χ1) is 15.5. The van der Waals surface area contributed by atoms with Gasteiger partial charge in [-0.15, -0.1) is 0 Å². The molecule has 2 aromatic heterocycles. The van der Waals surface area contributed by atoms with Gasteiger partial charge in [-0.2, -0.15) is 5.10 Å². The average molecular weight is 438 g/mol. The summed E-state index contributed by atoms with van der Waals surface area (Å²) in [6, 6.07) is 9.08. The molecule has 3 aromatic rings. The maximum atomic E-state index is 12.8. The number of hydrogen-bond acceptors (Lipinski definition) is 7. The molecule has 0 radical (unpaired) electrons. The van der Waals surface area contributed by atoms with Crippen molar-refractivity contribution >= 4 is 17.5 Å². The number of fused-ring (bicyclic) bond motifs is 1. The molecule has 1 aliphatic rings. The summed E-state index contributed by atoms with van der Waals surface area (Å²) in [5.41, 5.74) is 2.48. The highest BCUT2D eigenvalue weighted by atomic mass is 16.5. The Morgan fingerprint density at radius 2 is 1.75 bits per heavy atom. The van der Waals surface area contributed by atoms with E-state index in [4.69, 9.17) is 14.2 Å². The van der Waals surface area contributed by atoms with Crippen LogP contribution in [0.2, 0.25) is 0 Å². The third kappa shape index (κ3) is 4.23. The second kappa shape index (κ2) is 9.25. The monoisotopic (exact) mass is 438 g/mol. The molecule has 1 amide bonds. The molecule has 2 heterocycles. The smallest absolute Gasteiger partial charge is 0.308 e. The van der Waals surface area contributed by atoms with Crippen LogP contribution in [0.3, 0.4) is 0 Å². The molecule has 9 nitrogen and oxygen atoms in total. The van der Waals surface area contributed by atoms with Crippen molar-refractivity contribution in [1.82, 2.24) is 19.9 Å². The number of rotatable bonds is 6. The predicted octanol–water partition coefficient (Wildman–Crippen LogP) is 2.88. The predicted molar refractivity (Wildman–Crippen MR) is 117 cm³/mol. The minimum Gasteiger partial charge on any atom is -0.493 e. The highest BCUT2D eigenvalue weighted by molar-refractivity contribution is 5.93. The number of hydrogen-bond donors (Lipinski definition) is 1. The summed E-state index contributed by atoms with van der Waals surface area (Å²) < 4.78 is 17.2. The van der Waals surface area contributed by atoms with Crippen LogP contribution >= 0.6 is 0 Å². The van der Waals surface area contributed by atoms with E-state index in [2.05, 4.69) is 15.4 Å². The van der Waals surface area contributed by atoms with Crippen molar-refractivity contribution in [1.29, 1.82) is 0 Å².